The summed E-state index contributed by atoms with van der Waals surface area (Å²) in [5.74, 6) is 0.978. The number of aryl methyl sites for hydroxylation is 1. The van der Waals surface area contributed by atoms with Crippen LogP contribution in [0.1, 0.15) is 21.5 Å². The van der Waals surface area contributed by atoms with Gasteiger partial charge in [-0.05, 0) is 36.8 Å². The van der Waals surface area contributed by atoms with Crippen LogP contribution in [0.25, 0.3) is 0 Å². The van der Waals surface area contributed by atoms with Gasteiger partial charge in [0.15, 0.2) is 0 Å². The molecule has 0 saturated carbocycles. The van der Waals surface area contributed by atoms with Crippen molar-refractivity contribution in [3.05, 3.63) is 70.2 Å². The number of sulfonamides is 1. The summed E-state index contributed by atoms with van der Waals surface area (Å²) in [6.07, 6.45) is 0. The second-order valence-electron chi connectivity index (χ2n) is 6.27. The summed E-state index contributed by atoms with van der Waals surface area (Å²) in [5, 5.41) is 10.8. The highest BCUT2D eigenvalue weighted by Crippen LogP contribution is 2.21. The Labute approximate surface area is 188 Å². The lowest BCUT2D eigenvalue weighted by molar-refractivity contribution is 0.102. The highest BCUT2D eigenvalue weighted by molar-refractivity contribution is 7.98. The second-order valence-corrected chi connectivity index (χ2v) is 10.7. The monoisotopic (exact) mass is 482 g/mol. The highest BCUT2D eigenvalue weighted by Gasteiger charge is 2.20. The van der Waals surface area contributed by atoms with Crippen molar-refractivity contribution in [1.82, 2.24) is 14.9 Å². The molecule has 1 heterocycles. The molecule has 2 N–H and O–H groups in total. The summed E-state index contributed by atoms with van der Waals surface area (Å²) in [6.45, 7) is 2.18. The topological polar surface area (TPSA) is 101 Å². The van der Waals surface area contributed by atoms with Crippen molar-refractivity contribution in [1.29, 1.82) is 0 Å². The summed E-state index contributed by atoms with van der Waals surface area (Å²) in [7, 11) is -3.78. The summed E-state index contributed by atoms with van der Waals surface area (Å²) in [4.78, 5) is 12.2. The van der Waals surface area contributed by atoms with E-state index >= 15 is 0 Å². The second kappa shape index (κ2) is 10.4. The lowest BCUT2D eigenvalue weighted by atomic mass is 10.1. The molecule has 0 aliphatic heterocycles. The fourth-order valence-electron chi connectivity index (χ4n) is 2.32. The number of nitrogens with zero attached hydrogens (tertiary/aromatic N) is 2. The van der Waals surface area contributed by atoms with E-state index in [4.69, 9.17) is 11.6 Å². The van der Waals surface area contributed by atoms with Crippen LogP contribution in [0, 0.1) is 6.92 Å². The van der Waals surface area contributed by atoms with E-state index in [0.29, 0.717) is 16.3 Å². The molecule has 0 spiro atoms. The van der Waals surface area contributed by atoms with E-state index in [9.17, 15) is 13.2 Å². The van der Waals surface area contributed by atoms with Gasteiger partial charge in [0.1, 0.15) is 0 Å². The molecule has 0 atom stereocenters. The van der Waals surface area contributed by atoms with Gasteiger partial charge in [0.05, 0.1) is 0 Å². The fourth-order valence-corrected chi connectivity index (χ4v) is 5.37. The van der Waals surface area contributed by atoms with Gasteiger partial charge in [0.25, 0.3) is 15.9 Å². The molecular formula is C19H19ClN4O3S3. The Morgan fingerprint density at radius 3 is 2.50 bits per heavy atom. The first-order valence-corrected chi connectivity index (χ1v) is 12.7. The Morgan fingerprint density at radius 1 is 1.10 bits per heavy atom. The van der Waals surface area contributed by atoms with Crippen molar-refractivity contribution < 1.29 is 13.2 Å². The molecule has 0 saturated heterocycles. The van der Waals surface area contributed by atoms with Crippen LogP contribution in [0.15, 0.2) is 52.9 Å². The smallest absolute Gasteiger partial charge is 0.269 e. The first-order valence-electron chi connectivity index (χ1n) is 8.87. The summed E-state index contributed by atoms with van der Waals surface area (Å²) in [6, 6.07) is 14.5. The number of anilines is 1. The summed E-state index contributed by atoms with van der Waals surface area (Å²) in [5.41, 5.74) is 2.61. The predicted molar refractivity (Wildman–Crippen MR) is 122 cm³/mol. The number of carbonyl (C=O) groups excluding carboxylic acids is 1. The van der Waals surface area contributed by atoms with Crippen LogP contribution in [0.2, 0.25) is 5.02 Å². The van der Waals surface area contributed by atoms with E-state index in [0.717, 1.165) is 28.2 Å². The molecule has 30 heavy (non-hydrogen) atoms. The molecule has 11 heteroatoms. The summed E-state index contributed by atoms with van der Waals surface area (Å²) < 4.78 is 27.0. The first kappa shape index (κ1) is 22.7. The number of hydrogen-bond donors (Lipinski definition) is 2. The number of halogens is 1. The molecule has 0 radical (unpaired) electrons. The Kier molecular flexibility index (Phi) is 7.84. The van der Waals surface area contributed by atoms with Crippen LogP contribution >= 0.6 is 34.7 Å². The Hall–Kier alpha value is -1.98. The van der Waals surface area contributed by atoms with Crippen molar-refractivity contribution in [3.63, 3.8) is 0 Å². The van der Waals surface area contributed by atoms with Crippen LogP contribution < -0.4 is 10.0 Å². The number of nitrogens with one attached hydrogen (secondary N) is 2. The third kappa shape index (κ3) is 6.51. The zero-order chi connectivity index (χ0) is 21.6. The maximum atomic E-state index is 12.4. The van der Waals surface area contributed by atoms with Crippen molar-refractivity contribution in [2.75, 3.05) is 17.6 Å². The third-order valence-electron chi connectivity index (χ3n) is 3.89. The molecule has 3 rings (SSSR count). The van der Waals surface area contributed by atoms with Gasteiger partial charge in [-0.2, -0.15) is 11.8 Å². The minimum absolute atomic E-state index is 0.123. The van der Waals surface area contributed by atoms with Crippen molar-refractivity contribution in [3.8, 4) is 0 Å². The van der Waals surface area contributed by atoms with Crippen LogP contribution in [0.4, 0.5) is 5.13 Å². The molecule has 0 aliphatic carbocycles. The van der Waals surface area contributed by atoms with Gasteiger partial charge in [-0.25, -0.2) is 13.1 Å². The molecule has 7 nitrogen and oxygen atoms in total. The SMILES string of the molecule is Cc1ccc(C(=O)Nc2nnc(S(=O)(=O)NCCSCc3ccc(Cl)cc3)s2)cc1. The molecule has 0 bridgehead atoms. The zero-order valence-corrected chi connectivity index (χ0v) is 19.2. The highest BCUT2D eigenvalue weighted by atomic mass is 35.5. The summed E-state index contributed by atoms with van der Waals surface area (Å²) >= 11 is 8.26. The maximum Gasteiger partial charge on any atom is 0.269 e. The van der Waals surface area contributed by atoms with E-state index in [2.05, 4.69) is 20.2 Å². The quantitative estimate of drug-likeness (QED) is 0.353. The van der Waals surface area contributed by atoms with Gasteiger partial charge in [-0.15, -0.1) is 10.2 Å². The van der Waals surface area contributed by atoms with E-state index in [1.54, 1.807) is 23.9 Å². The predicted octanol–water partition coefficient (Wildman–Crippen LogP) is 3.96. The average Bonchev–Trinajstić information content (AvgIpc) is 3.19. The number of amides is 1. The molecule has 0 fully saturated rings. The molecule has 0 aliphatic rings. The maximum absolute atomic E-state index is 12.4. The average molecular weight is 483 g/mol. The molecule has 1 amide bonds. The van der Waals surface area contributed by atoms with Gasteiger partial charge in [-0.3, -0.25) is 10.1 Å². The molecule has 0 unspecified atom stereocenters. The van der Waals surface area contributed by atoms with E-state index < -0.39 is 10.0 Å². The molecule has 158 valence electrons. The van der Waals surface area contributed by atoms with Crippen LogP contribution in [-0.2, 0) is 15.8 Å². The Balaban J connectivity index is 1.47. The van der Waals surface area contributed by atoms with Gasteiger partial charge < -0.3 is 0 Å². The van der Waals surface area contributed by atoms with Gasteiger partial charge >= 0.3 is 0 Å². The van der Waals surface area contributed by atoms with E-state index in [1.165, 1.54) is 0 Å². The van der Waals surface area contributed by atoms with Crippen LogP contribution in [0.5, 0.6) is 0 Å². The lowest BCUT2D eigenvalue weighted by Gasteiger charge is -2.04. The largest absolute Gasteiger partial charge is 0.296 e. The number of carbonyl (C=O) groups is 1. The normalized spacial score (nSPS) is 11.4. The van der Waals surface area contributed by atoms with E-state index in [1.807, 2.05) is 43.3 Å². The zero-order valence-electron chi connectivity index (χ0n) is 16.0. The molecular weight excluding hydrogens is 464 g/mol. The fraction of sp³-hybridized carbons (Fsp3) is 0.211. The van der Waals surface area contributed by atoms with Gasteiger partial charge in [-0.1, -0.05) is 52.8 Å². The van der Waals surface area contributed by atoms with Crippen LogP contribution in [-0.4, -0.2) is 36.8 Å². The number of benzene rings is 2. The minimum atomic E-state index is -3.78. The van der Waals surface area contributed by atoms with Crippen molar-refractivity contribution >= 4 is 55.8 Å². The third-order valence-corrected chi connectivity index (χ3v) is 7.84. The van der Waals surface area contributed by atoms with Crippen molar-refractivity contribution in [2.45, 2.75) is 17.0 Å². The number of rotatable bonds is 9. The molecule has 3 aromatic rings. The lowest BCUT2D eigenvalue weighted by Crippen LogP contribution is -2.26. The minimum Gasteiger partial charge on any atom is -0.296 e. The van der Waals surface area contributed by atoms with Crippen molar-refractivity contribution in [2.24, 2.45) is 0 Å². The van der Waals surface area contributed by atoms with Gasteiger partial charge in [0, 0.05) is 28.6 Å². The Morgan fingerprint density at radius 2 is 1.80 bits per heavy atom. The number of hydrogen-bond acceptors (Lipinski definition) is 7. The number of aromatic nitrogens is 2. The first-order chi connectivity index (χ1) is 14.3. The van der Waals surface area contributed by atoms with Crippen LogP contribution in [0.3, 0.4) is 0 Å². The molecule has 1 aromatic heterocycles. The Bertz CT molecular complexity index is 1100. The van der Waals surface area contributed by atoms with Gasteiger partial charge in [0.2, 0.25) is 9.47 Å². The van der Waals surface area contributed by atoms with E-state index in [-0.39, 0.29) is 21.9 Å². The number of thioether (sulfide) groups is 1. The molecule has 2 aromatic carbocycles. The standard InChI is InChI=1S/C19H19ClN4O3S3/c1-13-2-6-15(7-3-13)17(25)22-18-23-24-19(29-18)30(26,27)21-10-11-28-12-14-4-8-16(20)9-5-14/h2-9,21H,10-12H2,1H3,(H,22,23,25).